The van der Waals surface area contributed by atoms with E-state index in [4.69, 9.17) is 0 Å². The minimum atomic E-state index is 0. The zero-order valence-electron chi connectivity index (χ0n) is 33.0. The first-order chi connectivity index (χ1) is 20.9. The minimum absolute atomic E-state index is 0. The zero-order valence-corrected chi connectivity index (χ0v) is 33.0. The Morgan fingerprint density at radius 3 is 1.11 bits per heavy atom. The molecule has 0 aromatic rings. The van der Waals surface area contributed by atoms with Crippen LogP contribution in [-0.2, 0) is 0 Å². The van der Waals surface area contributed by atoms with E-state index in [-0.39, 0.29) is 7.43 Å². The summed E-state index contributed by atoms with van der Waals surface area (Å²) >= 11 is 0. The highest BCUT2D eigenvalue weighted by Crippen LogP contribution is 2.63. The second-order valence-electron chi connectivity index (χ2n) is 18.5. The van der Waals surface area contributed by atoms with Gasteiger partial charge in [-0.05, 0) is 166 Å². The average Bonchev–Trinajstić information content (AvgIpc) is 3.74. The first kappa shape index (κ1) is 43.0. The monoisotopic (exact) mass is 631 g/mol. The maximum Gasteiger partial charge on any atom is -0.0266 e. The molecule has 1 atom stereocenters. The molecule has 270 valence electrons. The van der Waals surface area contributed by atoms with Gasteiger partial charge >= 0.3 is 0 Å². The number of rotatable bonds is 3. The van der Waals surface area contributed by atoms with Crippen LogP contribution in [0.1, 0.15) is 225 Å². The van der Waals surface area contributed by atoms with Crippen LogP contribution >= 0.6 is 0 Å². The van der Waals surface area contributed by atoms with Gasteiger partial charge in [0.1, 0.15) is 0 Å². The van der Waals surface area contributed by atoms with E-state index in [1.807, 2.05) is 0 Å². The molecule has 0 aromatic heterocycles. The molecule has 0 nitrogen and oxygen atoms in total. The standard InChI is InChI=1S/C13H22.2C11H20.3C3H8.CH4/c1-9(2)13-6-10-3-11(7-13)5-12(4-10)8-13;1-9(2)11-6-3-10(4-7-11)5-8-11;1-9(2)10-5-3-4-6-11(10)7-8-11;3*1-3-2;/h9-12H,3-8H2,1-2H3;2*9-10H,3-8H2,1-2H3;3*3H2,1-2H3;1H4. The molecule has 0 aromatic carbocycles. The molecule has 0 heteroatoms. The third-order valence-electron chi connectivity index (χ3n) is 13.6. The summed E-state index contributed by atoms with van der Waals surface area (Å²) in [5.41, 5.74) is 2.45. The summed E-state index contributed by atoms with van der Waals surface area (Å²) in [4.78, 5) is 0. The van der Waals surface area contributed by atoms with Gasteiger partial charge in [0, 0.05) is 0 Å². The quantitative estimate of drug-likeness (QED) is 0.291. The van der Waals surface area contributed by atoms with Crippen molar-refractivity contribution < 1.29 is 0 Å². The molecule has 9 saturated carbocycles. The van der Waals surface area contributed by atoms with Crippen LogP contribution in [0, 0.1) is 63.6 Å². The summed E-state index contributed by atoms with van der Waals surface area (Å²) < 4.78 is 0. The van der Waals surface area contributed by atoms with E-state index in [9.17, 15) is 0 Å². The molecule has 0 amide bonds. The van der Waals surface area contributed by atoms with Gasteiger partial charge in [0.15, 0.2) is 0 Å². The molecule has 1 unspecified atom stereocenters. The lowest BCUT2D eigenvalue weighted by atomic mass is 9.47. The van der Waals surface area contributed by atoms with Crippen molar-refractivity contribution in [2.24, 2.45) is 63.6 Å². The third-order valence-corrected chi connectivity index (χ3v) is 13.6. The lowest BCUT2D eigenvalue weighted by molar-refractivity contribution is -0.0789. The molecule has 6 bridgehead atoms. The Morgan fingerprint density at radius 2 is 0.844 bits per heavy atom. The number of fused-ring (bicyclic) bond motifs is 3. The molecular weight excluding hydrogens is 540 g/mol. The van der Waals surface area contributed by atoms with Crippen molar-refractivity contribution in [3.63, 3.8) is 0 Å². The summed E-state index contributed by atoms with van der Waals surface area (Å²) in [5.74, 6) is 8.42. The largest absolute Gasteiger partial charge is 0.0776 e. The maximum absolute atomic E-state index is 2.47. The van der Waals surface area contributed by atoms with Crippen LogP contribution in [0.15, 0.2) is 0 Å². The van der Waals surface area contributed by atoms with Gasteiger partial charge in [0.25, 0.3) is 0 Å². The zero-order chi connectivity index (χ0) is 33.0. The molecule has 0 radical (unpaired) electrons. The fraction of sp³-hybridized carbons (Fsp3) is 1.00. The van der Waals surface area contributed by atoms with Crippen LogP contribution in [0.3, 0.4) is 0 Å². The van der Waals surface area contributed by atoms with E-state index >= 15 is 0 Å². The molecule has 0 N–H and O–H groups in total. The summed E-state index contributed by atoms with van der Waals surface area (Å²) in [6.07, 6.45) is 31.7. The molecule has 9 aliphatic carbocycles. The van der Waals surface area contributed by atoms with Crippen LogP contribution in [-0.4, -0.2) is 0 Å². The fourth-order valence-corrected chi connectivity index (χ4v) is 11.2. The van der Waals surface area contributed by atoms with E-state index in [1.54, 1.807) is 57.8 Å². The second-order valence-corrected chi connectivity index (χ2v) is 18.5. The van der Waals surface area contributed by atoms with Crippen LogP contribution in [0.2, 0.25) is 0 Å². The molecule has 9 rings (SSSR count). The molecule has 0 saturated heterocycles. The van der Waals surface area contributed by atoms with Crippen molar-refractivity contribution in [3.8, 4) is 0 Å². The minimum Gasteiger partial charge on any atom is -0.0776 e. The molecule has 1 spiro atoms. The van der Waals surface area contributed by atoms with Gasteiger partial charge in [-0.25, -0.2) is 0 Å². The van der Waals surface area contributed by atoms with Crippen molar-refractivity contribution in [3.05, 3.63) is 0 Å². The van der Waals surface area contributed by atoms with Crippen LogP contribution in [0.4, 0.5) is 0 Å². The first-order valence-corrected chi connectivity index (χ1v) is 20.9. The Bertz CT molecular complexity index is 673. The molecule has 0 heterocycles. The SMILES string of the molecule is C.CC(C)C12CC3CC(CC(C3)C1)C2.CC(C)C12CCC(CC1)CC2.CC(C)C1CCCCC12CC2.CCC.CCC.CCC. The van der Waals surface area contributed by atoms with Crippen molar-refractivity contribution in [2.45, 2.75) is 225 Å². The Kier molecular flexibility index (Phi) is 19.6. The van der Waals surface area contributed by atoms with Crippen molar-refractivity contribution >= 4 is 0 Å². The van der Waals surface area contributed by atoms with Gasteiger partial charge in [-0.1, -0.05) is 123 Å². The second kappa shape index (κ2) is 20.5. The summed E-state index contributed by atoms with van der Waals surface area (Å²) in [5, 5.41) is 0. The van der Waals surface area contributed by atoms with Crippen molar-refractivity contribution in [2.75, 3.05) is 0 Å². The Labute approximate surface area is 288 Å². The fourth-order valence-electron chi connectivity index (χ4n) is 11.2. The maximum atomic E-state index is 2.47. The lowest BCUT2D eigenvalue weighted by Crippen LogP contribution is -2.48. The van der Waals surface area contributed by atoms with Crippen LogP contribution in [0.5, 0.6) is 0 Å². The van der Waals surface area contributed by atoms with Crippen molar-refractivity contribution in [1.82, 2.24) is 0 Å². The van der Waals surface area contributed by atoms with Crippen LogP contribution < -0.4 is 0 Å². The van der Waals surface area contributed by atoms with E-state index in [0.717, 1.165) is 63.6 Å². The Hall–Kier alpha value is 0. The molecule has 9 fully saturated rings. The predicted molar refractivity (Wildman–Crippen MR) is 207 cm³/mol. The van der Waals surface area contributed by atoms with Gasteiger partial charge in [0.05, 0.1) is 0 Å². The smallest absolute Gasteiger partial charge is 0.0266 e. The van der Waals surface area contributed by atoms with Gasteiger partial charge in [0.2, 0.25) is 0 Å². The van der Waals surface area contributed by atoms with Gasteiger partial charge in [-0.2, -0.15) is 0 Å². The highest BCUT2D eigenvalue weighted by molar-refractivity contribution is 5.03. The number of hydrogen-bond acceptors (Lipinski definition) is 0. The topological polar surface area (TPSA) is 0 Å². The predicted octanol–water partition coefficient (Wildman–Crippen LogP) is 16.0. The molecular formula is C45H90. The molecule has 0 aliphatic heterocycles. The molecule has 9 aliphatic rings. The van der Waals surface area contributed by atoms with E-state index in [0.29, 0.717) is 0 Å². The Balaban J connectivity index is 0.000000296. The first-order valence-electron chi connectivity index (χ1n) is 20.9. The normalized spacial score (nSPS) is 35.7. The Morgan fingerprint density at radius 1 is 0.467 bits per heavy atom. The summed E-state index contributed by atoms with van der Waals surface area (Å²) in [7, 11) is 0. The van der Waals surface area contributed by atoms with E-state index in [1.165, 1.54) is 77.0 Å². The molecule has 45 heavy (non-hydrogen) atoms. The van der Waals surface area contributed by atoms with Gasteiger partial charge in [-0.15, -0.1) is 0 Å². The third kappa shape index (κ3) is 12.1. The average molecular weight is 631 g/mol. The highest BCUT2D eigenvalue weighted by atomic mass is 14.6. The highest BCUT2D eigenvalue weighted by Gasteiger charge is 2.52. The van der Waals surface area contributed by atoms with E-state index < -0.39 is 0 Å². The summed E-state index contributed by atoms with van der Waals surface area (Å²) in [6.45, 7) is 27.4. The van der Waals surface area contributed by atoms with Crippen molar-refractivity contribution in [1.29, 1.82) is 0 Å². The van der Waals surface area contributed by atoms with Gasteiger partial charge < -0.3 is 0 Å². The summed E-state index contributed by atoms with van der Waals surface area (Å²) in [6, 6.07) is 0. The van der Waals surface area contributed by atoms with Gasteiger partial charge in [-0.3, -0.25) is 0 Å². The number of hydrogen-bond donors (Lipinski definition) is 0. The van der Waals surface area contributed by atoms with E-state index in [2.05, 4.69) is 83.1 Å². The van der Waals surface area contributed by atoms with Crippen LogP contribution in [0.25, 0.3) is 0 Å². The lowest BCUT2D eigenvalue weighted by Gasteiger charge is -2.58.